The van der Waals surface area contributed by atoms with Gasteiger partial charge in [-0.2, -0.15) is 5.10 Å². The Labute approximate surface area is 143 Å². The first-order valence-electron chi connectivity index (χ1n) is 7.82. The molecule has 0 saturated heterocycles. The molecule has 2 heterocycles. The van der Waals surface area contributed by atoms with Crippen LogP contribution in [0.2, 0.25) is 0 Å². The zero-order chi connectivity index (χ0) is 17.1. The third-order valence-electron chi connectivity index (χ3n) is 3.97. The Bertz CT molecular complexity index is 896. The Morgan fingerprint density at radius 2 is 2.04 bits per heavy atom. The van der Waals surface area contributed by atoms with Crippen molar-refractivity contribution in [2.45, 2.75) is 12.6 Å². The van der Waals surface area contributed by atoms with Crippen LogP contribution in [-0.4, -0.2) is 27.1 Å². The van der Waals surface area contributed by atoms with E-state index in [0.717, 1.165) is 11.3 Å². The number of ether oxygens (including phenoxy) is 1. The molecule has 1 atom stereocenters. The van der Waals surface area contributed by atoms with Crippen molar-refractivity contribution in [2.75, 3.05) is 6.61 Å². The average Bonchev–Trinajstić information content (AvgIpc) is 3.18. The van der Waals surface area contributed by atoms with Crippen molar-refractivity contribution in [3.05, 3.63) is 78.1 Å². The van der Waals surface area contributed by atoms with E-state index < -0.39 is 0 Å². The summed E-state index contributed by atoms with van der Waals surface area (Å²) in [4.78, 5) is 9.43. The number of fused-ring (bicyclic) bond motifs is 1. The molecule has 2 aromatic carbocycles. The Hall–Kier alpha value is -3.22. The van der Waals surface area contributed by atoms with Gasteiger partial charge in [0.1, 0.15) is 49.2 Å². The molecule has 6 nitrogen and oxygen atoms in total. The minimum absolute atomic E-state index is 0.0449. The molecule has 0 N–H and O–H groups in total. The molecular weight excluding hydrogens is 323 g/mol. The van der Waals surface area contributed by atoms with Crippen LogP contribution in [0.15, 0.2) is 66.3 Å². The summed E-state index contributed by atoms with van der Waals surface area (Å²) >= 11 is 0. The zero-order valence-corrected chi connectivity index (χ0v) is 13.2. The quantitative estimate of drug-likeness (QED) is 0.686. The lowest BCUT2D eigenvalue weighted by Crippen LogP contribution is -2.31. The lowest BCUT2D eigenvalue weighted by atomic mass is 10.0. The number of halogens is 1. The summed E-state index contributed by atoms with van der Waals surface area (Å²) < 4.78 is 21.2. The molecule has 0 spiro atoms. The molecule has 4 rings (SSSR count). The number of hydrogen-bond acceptors (Lipinski definition) is 5. The van der Waals surface area contributed by atoms with E-state index in [2.05, 4.69) is 15.2 Å². The third kappa shape index (κ3) is 3.08. The summed E-state index contributed by atoms with van der Waals surface area (Å²) in [5, 5.41) is 8.45. The van der Waals surface area contributed by atoms with Crippen LogP contribution >= 0.6 is 0 Å². The van der Waals surface area contributed by atoms with Crippen molar-refractivity contribution in [2.24, 2.45) is 5.16 Å². The summed E-state index contributed by atoms with van der Waals surface area (Å²) in [6.07, 6.45) is 3.06. The highest BCUT2D eigenvalue weighted by molar-refractivity contribution is 6.06. The van der Waals surface area contributed by atoms with Crippen molar-refractivity contribution >= 4 is 5.71 Å². The van der Waals surface area contributed by atoms with Crippen LogP contribution in [0, 0.1) is 5.82 Å². The first-order valence-corrected chi connectivity index (χ1v) is 7.82. The number of oxime groups is 1. The van der Waals surface area contributed by atoms with Gasteiger partial charge in [-0.05, 0) is 18.2 Å². The first-order chi connectivity index (χ1) is 12.3. The summed E-state index contributed by atoms with van der Waals surface area (Å²) in [7, 11) is 0. The molecule has 1 unspecified atom stereocenters. The fourth-order valence-electron chi connectivity index (χ4n) is 2.71. The van der Waals surface area contributed by atoms with E-state index in [-0.39, 0.29) is 18.5 Å². The number of para-hydroxylation sites is 1. The van der Waals surface area contributed by atoms with Gasteiger partial charge in [-0.15, -0.1) is 0 Å². The van der Waals surface area contributed by atoms with Gasteiger partial charge in [-0.3, -0.25) is 0 Å². The van der Waals surface area contributed by atoms with Gasteiger partial charge in [0.25, 0.3) is 0 Å². The molecule has 126 valence electrons. The van der Waals surface area contributed by atoms with Gasteiger partial charge in [0, 0.05) is 11.1 Å². The minimum Gasteiger partial charge on any atom is -0.490 e. The molecule has 0 aliphatic carbocycles. The average molecular weight is 338 g/mol. The van der Waals surface area contributed by atoms with Crippen LogP contribution in [-0.2, 0) is 11.4 Å². The molecule has 0 fully saturated rings. The molecule has 0 saturated carbocycles. The smallest absolute Gasteiger partial charge is 0.145 e. The number of aromatic nitrogens is 3. The lowest BCUT2D eigenvalue weighted by Gasteiger charge is -2.26. The standard InChI is InChI=1S/C18H15FN4O2/c19-15-7-3-1-5-13(15)9-25-22-18-14-6-2-4-8-17(14)24-10-16(18)23-12-20-11-21-23/h1-8,11-12,16H,9-10H2/b22-18+. The van der Waals surface area contributed by atoms with Crippen LogP contribution in [0.25, 0.3) is 0 Å². The van der Waals surface area contributed by atoms with Crippen molar-refractivity contribution in [1.82, 2.24) is 14.8 Å². The van der Waals surface area contributed by atoms with Gasteiger partial charge < -0.3 is 9.57 Å². The van der Waals surface area contributed by atoms with E-state index in [9.17, 15) is 4.39 Å². The molecule has 0 bridgehead atoms. The van der Waals surface area contributed by atoms with Crippen molar-refractivity contribution in [1.29, 1.82) is 0 Å². The maximum Gasteiger partial charge on any atom is 0.145 e. The normalized spacial score (nSPS) is 17.8. The number of benzene rings is 2. The topological polar surface area (TPSA) is 61.5 Å². The van der Waals surface area contributed by atoms with Crippen molar-refractivity contribution < 1.29 is 14.0 Å². The van der Waals surface area contributed by atoms with Gasteiger partial charge in [0.2, 0.25) is 0 Å². The highest BCUT2D eigenvalue weighted by Crippen LogP contribution is 2.29. The first kappa shape index (κ1) is 15.3. The van der Waals surface area contributed by atoms with E-state index in [1.807, 2.05) is 24.3 Å². The summed E-state index contributed by atoms with van der Waals surface area (Å²) in [5.74, 6) is 0.412. The highest BCUT2D eigenvalue weighted by Gasteiger charge is 2.29. The van der Waals surface area contributed by atoms with Gasteiger partial charge in [-0.25, -0.2) is 14.1 Å². The predicted octanol–water partition coefficient (Wildman–Crippen LogP) is 2.97. The summed E-state index contributed by atoms with van der Waals surface area (Å²) in [5.41, 5.74) is 1.94. The number of rotatable bonds is 4. The van der Waals surface area contributed by atoms with Gasteiger partial charge in [0.15, 0.2) is 0 Å². The van der Waals surface area contributed by atoms with Crippen LogP contribution < -0.4 is 4.74 Å². The second-order valence-electron chi connectivity index (χ2n) is 5.54. The van der Waals surface area contributed by atoms with Crippen LogP contribution in [0.3, 0.4) is 0 Å². The van der Waals surface area contributed by atoms with E-state index in [1.165, 1.54) is 12.4 Å². The molecule has 25 heavy (non-hydrogen) atoms. The van der Waals surface area contributed by atoms with E-state index in [0.29, 0.717) is 17.9 Å². The maximum absolute atomic E-state index is 13.7. The van der Waals surface area contributed by atoms with Crippen LogP contribution in [0.4, 0.5) is 4.39 Å². The molecule has 7 heteroatoms. The fourth-order valence-corrected chi connectivity index (χ4v) is 2.71. The minimum atomic E-state index is -0.317. The van der Waals surface area contributed by atoms with E-state index in [1.54, 1.807) is 29.2 Å². The molecule has 1 aliphatic rings. The molecule has 0 amide bonds. The largest absolute Gasteiger partial charge is 0.490 e. The summed E-state index contributed by atoms with van der Waals surface area (Å²) in [6, 6.07) is 13.8. The Balaban J connectivity index is 1.64. The van der Waals surface area contributed by atoms with Crippen molar-refractivity contribution in [3.8, 4) is 5.75 Å². The van der Waals surface area contributed by atoms with Gasteiger partial charge >= 0.3 is 0 Å². The predicted molar refractivity (Wildman–Crippen MR) is 88.7 cm³/mol. The summed E-state index contributed by atoms with van der Waals surface area (Å²) in [6.45, 7) is 0.408. The fraction of sp³-hybridized carbons (Fsp3) is 0.167. The number of hydrogen-bond donors (Lipinski definition) is 0. The van der Waals surface area contributed by atoms with E-state index >= 15 is 0 Å². The Morgan fingerprint density at radius 3 is 2.88 bits per heavy atom. The second kappa shape index (κ2) is 6.72. The van der Waals surface area contributed by atoms with Gasteiger partial charge in [0.05, 0.1) is 0 Å². The van der Waals surface area contributed by atoms with Gasteiger partial charge in [-0.1, -0.05) is 35.5 Å². The lowest BCUT2D eigenvalue weighted by molar-refractivity contribution is 0.124. The molecular formula is C18H15FN4O2. The molecule has 3 aromatic rings. The maximum atomic E-state index is 13.7. The SMILES string of the molecule is Fc1ccccc1CO/N=C1\c2ccccc2OCC1n1cncn1. The Morgan fingerprint density at radius 1 is 1.20 bits per heavy atom. The number of nitrogens with zero attached hydrogens (tertiary/aromatic N) is 4. The zero-order valence-electron chi connectivity index (χ0n) is 13.2. The highest BCUT2D eigenvalue weighted by atomic mass is 19.1. The van der Waals surface area contributed by atoms with Crippen LogP contribution in [0.1, 0.15) is 17.2 Å². The monoisotopic (exact) mass is 338 g/mol. The molecule has 0 radical (unpaired) electrons. The second-order valence-corrected chi connectivity index (χ2v) is 5.54. The Kier molecular flexibility index (Phi) is 4.12. The third-order valence-corrected chi connectivity index (χ3v) is 3.97. The molecule has 1 aromatic heterocycles. The molecule has 1 aliphatic heterocycles. The van der Waals surface area contributed by atoms with Crippen LogP contribution in [0.5, 0.6) is 5.75 Å². The van der Waals surface area contributed by atoms with Crippen molar-refractivity contribution in [3.63, 3.8) is 0 Å². The van der Waals surface area contributed by atoms with E-state index in [4.69, 9.17) is 9.57 Å².